The maximum Gasteiger partial charge on any atom is 0.227 e. The molecule has 4 rings (SSSR count). The molecule has 1 saturated carbocycles. The topological polar surface area (TPSA) is 81.7 Å². The minimum Gasteiger partial charge on any atom is -0.368 e. The Kier molecular flexibility index (Phi) is 7.78. The van der Waals surface area contributed by atoms with Gasteiger partial charge in [0.2, 0.25) is 15.9 Å². The van der Waals surface area contributed by atoms with E-state index in [1.54, 1.807) is 13.8 Å². The minimum absolute atomic E-state index is 0.0226. The van der Waals surface area contributed by atoms with Crippen LogP contribution in [0.15, 0.2) is 54.6 Å². The lowest BCUT2D eigenvalue weighted by molar-refractivity contribution is -0.120. The lowest BCUT2D eigenvalue weighted by Crippen LogP contribution is -2.46. The Labute approximate surface area is 203 Å². The Balaban J connectivity index is 1.24. The molecule has 0 spiro atoms. The molecule has 1 aliphatic carbocycles. The van der Waals surface area contributed by atoms with E-state index < -0.39 is 15.3 Å². The molecule has 1 saturated heterocycles. The summed E-state index contributed by atoms with van der Waals surface area (Å²) < 4.78 is 26.9. The first kappa shape index (κ1) is 24.5. The molecule has 34 heavy (non-hydrogen) atoms. The summed E-state index contributed by atoms with van der Waals surface area (Å²) in [5, 5.41) is 2.61. The number of nitrogens with one attached hydrogen (secondary N) is 2. The number of piperazine rings is 1. The van der Waals surface area contributed by atoms with Crippen LogP contribution in [0.25, 0.3) is 0 Å². The molecule has 2 fully saturated rings. The van der Waals surface area contributed by atoms with Crippen LogP contribution in [0.4, 0.5) is 17.1 Å². The van der Waals surface area contributed by atoms with Gasteiger partial charge in [-0.3, -0.25) is 4.79 Å². The third kappa shape index (κ3) is 6.10. The zero-order chi connectivity index (χ0) is 24.1. The highest BCUT2D eigenvalue weighted by Crippen LogP contribution is 2.27. The highest BCUT2D eigenvalue weighted by molar-refractivity contribution is 7.90. The summed E-state index contributed by atoms with van der Waals surface area (Å²) in [6, 6.07) is 18.5. The predicted octanol–water partition coefficient (Wildman–Crippen LogP) is 3.84. The zero-order valence-electron chi connectivity index (χ0n) is 20.1. The maximum absolute atomic E-state index is 12.8. The van der Waals surface area contributed by atoms with Gasteiger partial charge in [0.05, 0.1) is 5.25 Å². The van der Waals surface area contributed by atoms with Crippen LogP contribution >= 0.6 is 0 Å². The number of nitrogens with zero attached hydrogens (tertiary/aromatic N) is 2. The Bertz CT molecular complexity index is 1040. The van der Waals surface area contributed by atoms with Crippen molar-refractivity contribution in [2.24, 2.45) is 5.92 Å². The van der Waals surface area contributed by atoms with E-state index in [1.807, 2.05) is 18.2 Å². The number of para-hydroxylation sites is 1. The van der Waals surface area contributed by atoms with Crippen LogP contribution < -0.4 is 19.8 Å². The standard InChI is InChI=1S/C26H36N4O3S/c1-20(2)34(32,33)28-23-10-8-21(9-11-23)26(31)27-22-12-14-25(15-13-22)30-18-16-29(17-19-30)24-6-4-3-5-7-24/h3-7,12-15,20-21,23,28H,8-11,16-19H2,1-2H3,(H,27,31). The fourth-order valence-corrected chi connectivity index (χ4v) is 5.68. The predicted molar refractivity (Wildman–Crippen MR) is 139 cm³/mol. The average Bonchev–Trinajstić information content (AvgIpc) is 2.85. The molecule has 1 heterocycles. The van der Waals surface area contributed by atoms with Crippen molar-refractivity contribution in [2.75, 3.05) is 41.3 Å². The van der Waals surface area contributed by atoms with Crippen LogP contribution in [-0.2, 0) is 14.8 Å². The molecule has 0 radical (unpaired) electrons. The second-order valence-electron chi connectivity index (χ2n) is 9.61. The molecular weight excluding hydrogens is 448 g/mol. The lowest BCUT2D eigenvalue weighted by atomic mass is 9.86. The lowest BCUT2D eigenvalue weighted by Gasteiger charge is -2.37. The van der Waals surface area contributed by atoms with E-state index in [0.717, 1.165) is 31.9 Å². The molecule has 0 atom stereocenters. The number of hydrogen-bond acceptors (Lipinski definition) is 5. The molecule has 7 nitrogen and oxygen atoms in total. The number of benzene rings is 2. The fraction of sp³-hybridized carbons (Fsp3) is 0.500. The second-order valence-corrected chi connectivity index (χ2v) is 11.9. The number of sulfonamides is 1. The van der Waals surface area contributed by atoms with Crippen LogP contribution in [0.2, 0.25) is 0 Å². The second kappa shape index (κ2) is 10.8. The number of hydrogen-bond donors (Lipinski definition) is 2. The van der Waals surface area contributed by atoms with Crippen molar-refractivity contribution in [3.8, 4) is 0 Å². The van der Waals surface area contributed by atoms with Gasteiger partial charge in [0, 0.05) is 55.2 Å². The van der Waals surface area contributed by atoms with Gasteiger partial charge in [-0.25, -0.2) is 13.1 Å². The number of rotatable bonds is 7. The SMILES string of the molecule is CC(C)S(=O)(=O)NC1CCC(C(=O)Nc2ccc(N3CCN(c4ccccc4)CC3)cc2)CC1. The van der Waals surface area contributed by atoms with Crippen molar-refractivity contribution in [1.82, 2.24) is 4.72 Å². The monoisotopic (exact) mass is 484 g/mol. The van der Waals surface area contributed by atoms with Crippen molar-refractivity contribution >= 4 is 33.0 Å². The van der Waals surface area contributed by atoms with Gasteiger partial charge >= 0.3 is 0 Å². The summed E-state index contributed by atoms with van der Waals surface area (Å²) >= 11 is 0. The quantitative estimate of drug-likeness (QED) is 0.624. The summed E-state index contributed by atoms with van der Waals surface area (Å²) in [4.78, 5) is 17.5. The molecule has 1 amide bonds. The normalized spacial score (nSPS) is 21.5. The Morgan fingerprint density at radius 1 is 0.824 bits per heavy atom. The van der Waals surface area contributed by atoms with Crippen molar-refractivity contribution in [1.29, 1.82) is 0 Å². The van der Waals surface area contributed by atoms with Gasteiger partial charge in [-0.2, -0.15) is 0 Å². The molecule has 2 aliphatic rings. The van der Waals surface area contributed by atoms with Gasteiger partial charge in [-0.1, -0.05) is 18.2 Å². The van der Waals surface area contributed by atoms with Crippen LogP contribution in [0.1, 0.15) is 39.5 Å². The molecule has 2 N–H and O–H groups in total. The average molecular weight is 485 g/mol. The van der Waals surface area contributed by atoms with Crippen LogP contribution in [0, 0.1) is 5.92 Å². The summed E-state index contributed by atoms with van der Waals surface area (Å²) in [7, 11) is -3.27. The molecule has 1 aliphatic heterocycles. The van der Waals surface area contributed by atoms with E-state index in [0.29, 0.717) is 25.7 Å². The summed E-state index contributed by atoms with van der Waals surface area (Å²) in [5.74, 6) is -0.0556. The van der Waals surface area contributed by atoms with Crippen molar-refractivity contribution in [3.63, 3.8) is 0 Å². The largest absolute Gasteiger partial charge is 0.368 e. The third-order valence-corrected chi connectivity index (χ3v) is 8.85. The molecule has 2 aromatic rings. The first-order valence-corrected chi connectivity index (χ1v) is 13.8. The molecule has 184 valence electrons. The van der Waals surface area contributed by atoms with Crippen LogP contribution in [0.5, 0.6) is 0 Å². The van der Waals surface area contributed by atoms with Gasteiger partial charge in [-0.15, -0.1) is 0 Å². The van der Waals surface area contributed by atoms with E-state index in [2.05, 4.69) is 56.2 Å². The van der Waals surface area contributed by atoms with E-state index in [1.165, 1.54) is 11.4 Å². The summed E-state index contributed by atoms with van der Waals surface area (Å²) in [6.45, 7) is 7.25. The molecule has 0 unspecified atom stereocenters. The zero-order valence-corrected chi connectivity index (χ0v) is 20.9. The number of amides is 1. The number of anilines is 3. The maximum atomic E-state index is 12.8. The van der Waals surface area contributed by atoms with Crippen LogP contribution in [-0.4, -0.2) is 51.8 Å². The first-order chi connectivity index (χ1) is 16.3. The smallest absolute Gasteiger partial charge is 0.227 e. The van der Waals surface area contributed by atoms with E-state index >= 15 is 0 Å². The minimum atomic E-state index is -3.27. The van der Waals surface area contributed by atoms with Crippen molar-refractivity contribution in [3.05, 3.63) is 54.6 Å². The van der Waals surface area contributed by atoms with Crippen molar-refractivity contribution < 1.29 is 13.2 Å². The van der Waals surface area contributed by atoms with Crippen molar-refractivity contribution in [2.45, 2.75) is 50.8 Å². The number of carbonyl (C=O) groups excluding carboxylic acids is 1. The highest BCUT2D eigenvalue weighted by Gasteiger charge is 2.29. The van der Waals surface area contributed by atoms with Gasteiger partial charge < -0.3 is 15.1 Å². The molecule has 0 aromatic heterocycles. The first-order valence-electron chi connectivity index (χ1n) is 12.3. The third-order valence-electron chi connectivity index (χ3n) is 6.95. The van der Waals surface area contributed by atoms with Gasteiger partial charge in [0.25, 0.3) is 0 Å². The summed E-state index contributed by atoms with van der Waals surface area (Å²) in [6.07, 6.45) is 2.78. The van der Waals surface area contributed by atoms with Gasteiger partial charge in [-0.05, 0) is 75.9 Å². The number of carbonyl (C=O) groups is 1. The van der Waals surface area contributed by atoms with E-state index in [9.17, 15) is 13.2 Å². The fourth-order valence-electron chi connectivity index (χ4n) is 4.70. The molecule has 2 aromatic carbocycles. The van der Waals surface area contributed by atoms with Gasteiger partial charge in [0.1, 0.15) is 0 Å². The Morgan fingerprint density at radius 3 is 1.88 bits per heavy atom. The Hall–Kier alpha value is -2.58. The summed E-state index contributed by atoms with van der Waals surface area (Å²) in [5.41, 5.74) is 3.24. The Morgan fingerprint density at radius 2 is 1.35 bits per heavy atom. The van der Waals surface area contributed by atoms with E-state index in [-0.39, 0.29) is 17.9 Å². The van der Waals surface area contributed by atoms with Crippen LogP contribution in [0.3, 0.4) is 0 Å². The molecule has 8 heteroatoms. The molecule has 0 bridgehead atoms. The molecular formula is C26H36N4O3S. The highest BCUT2D eigenvalue weighted by atomic mass is 32.2. The van der Waals surface area contributed by atoms with Gasteiger partial charge in [0.15, 0.2) is 0 Å². The van der Waals surface area contributed by atoms with E-state index in [4.69, 9.17) is 0 Å².